The van der Waals surface area contributed by atoms with Gasteiger partial charge in [-0.2, -0.15) is 0 Å². The number of carbonyl (C=O) groups excluding carboxylic acids is 1. The molecular formula is C15H13ClN2O2. The zero-order chi connectivity index (χ0) is 14.5. The number of nitrogens with one attached hydrogen (secondary N) is 1. The summed E-state index contributed by atoms with van der Waals surface area (Å²) < 4.78 is 0. The molecule has 0 amide bonds. The normalized spacial score (nSPS) is 11.2. The number of ketones is 1. The van der Waals surface area contributed by atoms with Crippen LogP contribution in [-0.2, 0) is 0 Å². The van der Waals surface area contributed by atoms with Crippen molar-refractivity contribution < 1.29 is 10.0 Å². The third kappa shape index (κ3) is 3.23. The van der Waals surface area contributed by atoms with E-state index in [1.807, 2.05) is 12.4 Å². The molecule has 20 heavy (non-hydrogen) atoms. The van der Waals surface area contributed by atoms with Crippen molar-refractivity contribution in [2.75, 3.05) is 0 Å². The molecule has 102 valence electrons. The summed E-state index contributed by atoms with van der Waals surface area (Å²) in [7, 11) is 0. The average Bonchev–Trinajstić information content (AvgIpc) is 2.48. The number of hydroxylamine groups is 1. The number of hydrogen-bond donors (Lipinski definition) is 2. The van der Waals surface area contributed by atoms with E-state index in [-0.39, 0.29) is 5.84 Å². The first-order valence-electron chi connectivity index (χ1n) is 5.96. The van der Waals surface area contributed by atoms with Crippen LogP contribution in [0, 0.1) is 6.92 Å². The fourth-order valence-corrected chi connectivity index (χ4v) is 1.81. The van der Waals surface area contributed by atoms with Crippen LogP contribution in [-0.4, -0.2) is 16.8 Å². The lowest BCUT2D eigenvalue weighted by molar-refractivity contribution is 0.104. The Hall–Kier alpha value is -2.17. The van der Waals surface area contributed by atoms with Gasteiger partial charge in [0.15, 0.2) is 5.84 Å². The van der Waals surface area contributed by atoms with Crippen molar-refractivity contribution in [3.8, 4) is 0 Å². The van der Waals surface area contributed by atoms with Crippen LogP contribution in [0.4, 0.5) is 5.69 Å². The molecule has 0 aromatic heterocycles. The fourth-order valence-electron chi connectivity index (χ4n) is 1.63. The SMILES string of the molecule is Cc1ccc(N=C(NO)C(=O)c2ccccc2)cc1Cl. The standard InChI is InChI=1S/C15H13ClN2O2/c1-10-7-8-12(9-13(10)16)17-15(18-20)14(19)11-5-3-2-4-6-11/h2-9,20H,1H3,(H,17,18). The van der Waals surface area contributed by atoms with Crippen LogP contribution in [0.5, 0.6) is 0 Å². The first-order valence-corrected chi connectivity index (χ1v) is 6.34. The fraction of sp³-hybridized carbons (Fsp3) is 0.0667. The van der Waals surface area contributed by atoms with E-state index in [1.165, 1.54) is 0 Å². The van der Waals surface area contributed by atoms with E-state index in [0.29, 0.717) is 16.3 Å². The maximum absolute atomic E-state index is 12.1. The minimum absolute atomic E-state index is 0.156. The largest absolute Gasteiger partial charge is 0.290 e. The maximum atomic E-state index is 12.1. The van der Waals surface area contributed by atoms with Crippen LogP contribution in [0.3, 0.4) is 0 Å². The molecule has 4 nitrogen and oxygen atoms in total. The molecule has 0 aliphatic heterocycles. The number of amidine groups is 1. The highest BCUT2D eigenvalue weighted by Crippen LogP contribution is 2.22. The zero-order valence-electron chi connectivity index (χ0n) is 10.8. The molecule has 0 bridgehead atoms. The molecule has 0 fully saturated rings. The van der Waals surface area contributed by atoms with Crippen molar-refractivity contribution in [2.24, 2.45) is 4.99 Å². The molecule has 0 spiro atoms. The van der Waals surface area contributed by atoms with Gasteiger partial charge in [-0.25, -0.2) is 10.5 Å². The predicted molar refractivity (Wildman–Crippen MR) is 79.0 cm³/mol. The van der Waals surface area contributed by atoms with Gasteiger partial charge >= 0.3 is 0 Å². The number of aliphatic imine (C=N–C) groups is 1. The van der Waals surface area contributed by atoms with E-state index < -0.39 is 5.78 Å². The summed E-state index contributed by atoms with van der Waals surface area (Å²) in [6.45, 7) is 1.87. The number of rotatable bonds is 3. The molecular weight excluding hydrogens is 276 g/mol. The Morgan fingerprint density at radius 3 is 2.50 bits per heavy atom. The summed E-state index contributed by atoms with van der Waals surface area (Å²) in [6, 6.07) is 13.7. The Morgan fingerprint density at radius 2 is 1.90 bits per heavy atom. The van der Waals surface area contributed by atoms with Crippen molar-refractivity contribution in [2.45, 2.75) is 6.92 Å². The Labute approximate surface area is 121 Å². The number of aryl methyl sites for hydroxylation is 1. The van der Waals surface area contributed by atoms with Crippen molar-refractivity contribution in [1.82, 2.24) is 5.48 Å². The molecule has 0 atom stereocenters. The molecule has 0 saturated carbocycles. The van der Waals surface area contributed by atoms with E-state index in [4.69, 9.17) is 16.8 Å². The zero-order valence-corrected chi connectivity index (χ0v) is 11.6. The third-order valence-electron chi connectivity index (χ3n) is 2.75. The third-order valence-corrected chi connectivity index (χ3v) is 3.16. The second-order valence-electron chi connectivity index (χ2n) is 4.20. The Morgan fingerprint density at radius 1 is 1.20 bits per heavy atom. The number of Topliss-reactive ketones (excluding diaryl/α,β-unsaturated/α-hetero) is 1. The van der Waals surface area contributed by atoms with Gasteiger partial charge in [-0.1, -0.05) is 48.0 Å². The van der Waals surface area contributed by atoms with Crippen LogP contribution in [0.1, 0.15) is 15.9 Å². The minimum Gasteiger partial charge on any atom is -0.290 e. The first kappa shape index (κ1) is 14.2. The summed E-state index contributed by atoms with van der Waals surface area (Å²) in [4.78, 5) is 16.2. The second-order valence-corrected chi connectivity index (χ2v) is 4.61. The summed E-state index contributed by atoms with van der Waals surface area (Å²) in [5.41, 5.74) is 3.68. The van der Waals surface area contributed by atoms with Crippen LogP contribution in [0.15, 0.2) is 53.5 Å². The van der Waals surface area contributed by atoms with Gasteiger partial charge in [0, 0.05) is 10.6 Å². The Balaban J connectivity index is 2.34. The van der Waals surface area contributed by atoms with Gasteiger partial charge < -0.3 is 0 Å². The van der Waals surface area contributed by atoms with Crippen LogP contribution >= 0.6 is 11.6 Å². The van der Waals surface area contributed by atoms with Crippen molar-refractivity contribution in [1.29, 1.82) is 0 Å². The van der Waals surface area contributed by atoms with E-state index >= 15 is 0 Å². The Kier molecular flexibility index (Phi) is 4.50. The molecule has 2 rings (SSSR count). The van der Waals surface area contributed by atoms with Gasteiger partial charge in [0.05, 0.1) is 5.69 Å². The quantitative estimate of drug-likeness (QED) is 0.393. The molecule has 0 saturated heterocycles. The monoisotopic (exact) mass is 288 g/mol. The molecule has 0 heterocycles. The van der Waals surface area contributed by atoms with Crippen molar-refractivity contribution >= 4 is 28.9 Å². The number of hydrogen-bond acceptors (Lipinski definition) is 3. The second kappa shape index (κ2) is 6.32. The molecule has 5 heteroatoms. The van der Waals surface area contributed by atoms with Gasteiger partial charge in [-0.3, -0.25) is 10.0 Å². The number of nitrogens with zero attached hydrogens (tertiary/aromatic N) is 1. The average molecular weight is 289 g/mol. The molecule has 0 aliphatic carbocycles. The predicted octanol–water partition coefficient (Wildman–Crippen LogP) is 3.54. The van der Waals surface area contributed by atoms with Crippen LogP contribution in [0.2, 0.25) is 5.02 Å². The van der Waals surface area contributed by atoms with E-state index in [9.17, 15) is 4.79 Å². The maximum Gasteiger partial charge on any atom is 0.230 e. The lowest BCUT2D eigenvalue weighted by atomic mass is 10.1. The summed E-state index contributed by atoms with van der Waals surface area (Å²) in [6.07, 6.45) is 0. The molecule has 0 aliphatic rings. The number of carbonyl (C=O) groups is 1. The van der Waals surface area contributed by atoms with Gasteiger partial charge in [0.1, 0.15) is 0 Å². The molecule has 2 N–H and O–H groups in total. The molecule has 0 radical (unpaired) electrons. The summed E-state index contributed by atoms with van der Waals surface area (Å²) >= 11 is 6.00. The smallest absolute Gasteiger partial charge is 0.230 e. The van der Waals surface area contributed by atoms with Crippen LogP contribution in [0.25, 0.3) is 0 Å². The summed E-state index contributed by atoms with van der Waals surface area (Å²) in [5, 5.41) is 9.66. The van der Waals surface area contributed by atoms with Crippen LogP contribution < -0.4 is 5.48 Å². The number of benzene rings is 2. The molecule has 2 aromatic rings. The lowest BCUT2D eigenvalue weighted by Gasteiger charge is -2.05. The highest BCUT2D eigenvalue weighted by Gasteiger charge is 2.13. The topological polar surface area (TPSA) is 61.7 Å². The highest BCUT2D eigenvalue weighted by atomic mass is 35.5. The lowest BCUT2D eigenvalue weighted by Crippen LogP contribution is -2.28. The highest BCUT2D eigenvalue weighted by molar-refractivity contribution is 6.45. The van der Waals surface area contributed by atoms with Crippen molar-refractivity contribution in [3.63, 3.8) is 0 Å². The van der Waals surface area contributed by atoms with Gasteiger partial charge in [0.2, 0.25) is 5.78 Å². The first-order chi connectivity index (χ1) is 9.61. The minimum atomic E-state index is -0.398. The van der Waals surface area contributed by atoms with E-state index in [1.54, 1.807) is 48.5 Å². The summed E-state index contributed by atoms with van der Waals surface area (Å²) in [5.74, 6) is -0.555. The van der Waals surface area contributed by atoms with Gasteiger partial charge in [0.25, 0.3) is 0 Å². The van der Waals surface area contributed by atoms with Crippen molar-refractivity contribution in [3.05, 3.63) is 64.7 Å². The molecule has 2 aromatic carbocycles. The van der Waals surface area contributed by atoms with Gasteiger partial charge in [-0.05, 0) is 24.6 Å². The number of halogens is 1. The van der Waals surface area contributed by atoms with Gasteiger partial charge in [-0.15, -0.1) is 0 Å². The van der Waals surface area contributed by atoms with E-state index in [0.717, 1.165) is 5.56 Å². The van der Waals surface area contributed by atoms with E-state index in [2.05, 4.69) is 4.99 Å². The molecule has 0 unspecified atom stereocenters. The Bertz CT molecular complexity index is 654.